The summed E-state index contributed by atoms with van der Waals surface area (Å²) >= 11 is 0. The van der Waals surface area contributed by atoms with Crippen LogP contribution in [0.5, 0.6) is 0 Å². The molecule has 1 saturated heterocycles. The van der Waals surface area contributed by atoms with E-state index in [0.29, 0.717) is 0 Å². The number of amides is 1. The lowest BCUT2D eigenvalue weighted by Gasteiger charge is -2.35. The molecular weight excluding hydrogens is 268 g/mol. The second-order valence-electron chi connectivity index (χ2n) is 5.60. The van der Waals surface area contributed by atoms with Crippen molar-refractivity contribution < 1.29 is 14.7 Å². The number of rotatable bonds is 5. The van der Waals surface area contributed by atoms with Gasteiger partial charge in [0, 0.05) is 25.2 Å². The zero-order valence-corrected chi connectivity index (χ0v) is 12.3. The van der Waals surface area contributed by atoms with Gasteiger partial charge in [-0.1, -0.05) is 18.6 Å². The van der Waals surface area contributed by atoms with Gasteiger partial charge in [0.2, 0.25) is 5.91 Å². The number of piperidine rings is 1. The van der Waals surface area contributed by atoms with Gasteiger partial charge in [-0.2, -0.15) is 0 Å². The molecule has 2 rings (SSSR count). The summed E-state index contributed by atoms with van der Waals surface area (Å²) in [6.45, 7) is 3.20. The molecule has 1 aromatic rings. The quantitative estimate of drug-likeness (QED) is 0.874. The van der Waals surface area contributed by atoms with Crippen molar-refractivity contribution in [3.05, 3.63) is 29.8 Å². The highest BCUT2D eigenvalue weighted by Gasteiger charge is 2.24. The van der Waals surface area contributed by atoms with Crippen LogP contribution in [0.15, 0.2) is 24.3 Å². The molecular formula is C16H22N2O3. The van der Waals surface area contributed by atoms with E-state index in [1.54, 1.807) is 0 Å². The summed E-state index contributed by atoms with van der Waals surface area (Å²) in [6.07, 6.45) is 3.40. The normalized spacial score (nSPS) is 19.2. The lowest BCUT2D eigenvalue weighted by atomic mass is 9.98. The molecule has 21 heavy (non-hydrogen) atoms. The van der Waals surface area contributed by atoms with Gasteiger partial charge in [0.1, 0.15) is 0 Å². The number of hydrogen-bond acceptors (Lipinski definition) is 3. The maximum Gasteiger partial charge on any atom is 0.304 e. The topological polar surface area (TPSA) is 69.6 Å². The Morgan fingerprint density at radius 3 is 2.62 bits per heavy atom. The third-order valence-electron chi connectivity index (χ3n) is 3.82. The van der Waals surface area contributed by atoms with Gasteiger partial charge < -0.3 is 10.4 Å². The number of anilines is 1. The van der Waals surface area contributed by atoms with E-state index in [1.807, 2.05) is 24.3 Å². The van der Waals surface area contributed by atoms with Crippen LogP contribution in [0.25, 0.3) is 0 Å². The minimum Gasteiger partial charge on any atom is -0.481 e. The Balaban J connectivity index is 1.98. The van der Waals surface area contributed by atoms with Crippen LogP contribution in [0.1, 0.15) is 38.2 Å². The van der Waals surface area contributed by atoms with Crippen molar-refractivity contribution in [2.45, 2.75) is 45.2 Å². The predicted octanol–water partition coefficient (Wildman–Crippen LogP) is 2.47. The first-order valence-electron chi connectivity index (χ1n) is 7.37. The average molecular weight is 290 g/mol. The number of carboxylic acids is 1. The summed E-state index contributed by atoms with van der Waals surface area (Å²) < 4.78 is 0. The van der Waals surface area contributed by atoms with Gasteiger partial charge in [0.15, 0.2) is 0 Å². The molecule has 1 aliphatic heterocycles. The number of hydrogen-bond donors (Lipinski definition) is 2. The maximum atomic E-state index is 11.0. The lowest BCUT2D eigenvalue weighted by Crippen LogP contribution is -2.40. The highest BCUT2D eigenvalue weighted by molar-refractivity contribution is 5.88. The zero-order chi connectivity index (χ0) is 15.2. The molecule has 1 unspecified atom stereocenters. The van der Waals surface area contributed by atoms with E-state index in [4.69, 9.17) is 5.11 Å². The van der Waals surface area contributed by atoms with E-state index >= 15 is 0 Å². The average Bonchev–Trinajstić information content (AvgIpc) is 2.42. The van der Waals surface area contributed by atoms with E-state index in [-0.39, 0.29) is 18.4 Å². The zero-order valence-electron chi connectivity index (χ0n) is 12.3. The Kier molecular flexibility index (Phi) is 5.33. The lowest BCUT2D eigenvalue weighted by molar-refractivity contribution is -0.138. The number of nitrogens with zero attached hydrogens (tertiary/aromatic N) is 1. The highest BCUT2D eigenvalue weighted by Crippen LogP contribution is 2.22. The maximum absolute atomic E-state index is 11.0. The molecule has 1 amide bonds. The minimum atomic E-state index is -0.729. The number of likely N-dealkylation sites (tertiary alicyclic amines) is 1. The van der Waals surface area contributed by atoms with Crippen LogP contribution >= 0.6 is 0 Å². The summed E-state index contributed by atoms with van der Waals surface area (Å²) in [7, 11) is 0. The van der Waals surface area contributed by atoms with Gasteiger partial charge in [0.05, 0.1) is 6.42 Å². The van der Waals surface area contributed by atoms with Crippen LogP contribution in [-0.4, -0.2) is 34.5 Å². The molecule has 0 spiro atoms. The second-order valence-corrected chi connectivity index (χ2v) is 5.60. The van der Waals surface area contributed by atoms with E-state index in [1.165, 1.54) is 6.92 Å². The number of benzene rings is 1. The van der Waals surface area contributed by atoms with Crippen molar-refractivity contribution >= 4 is 17.6 Å². The van der Waals surface area contributed by atoms with Gasteiger partial charge in [-0.15, -0.1) is 0 Å². The smallest absolute Gasteiger partial charge is 0.304 e. The Hall–Kier alpha value is -1.88. The number of nitrogens with one attached hydrogen (secondary N) is 1. The molecule has 0 radical (unpaired) electrons. The SMILES string of the molecule is CC(=O)Nc1ccc(CN2CCCCC2CC(=O)O)cc1. The molecule has 5 nitrogen and oxygen atoms in total. The van der Waals surface area contributed by atoms with E-state index in [2.05, 4.69) is 10.2 Å². The largest absolute Gasteiger partial charge is 0.481 e. The number of carboxylic acid groups (broad SMARTS) is 1. The monoisotopic (exact) mass is 290 g/mol. The summed E-state index contributed by atoms with van der Waals surface area (Å²) in [6, 6.07) is 7.86. The fourth-order valence-electron chi connectivity index (χ4n) is 2.83. The third kappa shape index (κ3) is 4.86. The first-order valence-corrected chi connectivity index (χ1v) is 7.37. The van der Waals surface area contributed by atoms with Crippen LogP contribution < -0.4 is 5.32 Å². The minimum absolute atomic E-state index is 0.0831. The third-order valence-corrected chi connectivity index (χ3v) is 3.82. The predicted molar refractivity (Wildman–Crippen MR) is 81.0 cm³/mol. The highest BCUT2D eigenvalue weighted by atomic mass is 16.4. The molecule has 0 aromatic heterocycles. The molecule has 2 N–H and O–H groups in total. The Morgan fingerprint density at radius 1 is 1.29 bits per heavy atom. The Morgan fingerprint density at radius 2 is 2.00 bits per heavy atom. The van der Waals surface area contributed by atoms with Gasteiger partial charge in [-0.3, -0.25) is 14.5 Å². The fraction of sp³-hybridized carbons (Fsp3) is 0.500. The summed E-state index contributed by atoms with van der Waals surface area (Å²) in [5.74, 6) is -0.812. The molecule has 0 saturated carbocycles. The first kappa shape index (κ1) is 15.5. The molecule has 1 aliphatic rings. The van der Waals surface area contributed by atoms with E-state index in [9.17, 15) is 9.59 Å². The summed E-state index contributed by atoms with van der Waals surface area (Å²) in [4.78, 5) is 24.2. The van der Waals surface area contributed by atoms with Crippen LogP contribution in [0, 0.1) is 0 Å². The van der Waals surface area contributed by atoms with Crippen LogP contribution in [-0.2, 0) is 16.1 Å². The van der Waals surface area contributed by atoms with Crippen molar-refractivity contribution in [2.24, 2.45) is 0 Å². The fourth-order valence-corrected chi connectivity index (χ4v) is 2.83. The van der Waals surface area contributed by atoms with Crippen LogP contribution in [0.4, 0.5) is 5.69 Å². The molecule has 114 valence electrons. The standard InChI is InChI=1S/C16H22N2O3/c1-12(19)17-14-7-5-13(6-8-14)11-18-9-3-2-4-15(18)10-16(20)21/h5-8,15H,2-4,9-11H2,1H3,(H,17,19)(H,20,21). The first-order chi connectivity index (χ1) is 10.0. The van der Waals surface area contributed by atoms with Crippen molar-refractivity contribution in [1.82, 2.24) is 4.90 Å². The molecule has 1 heterocycles. The second kappa shape index (κ2) is 7.22. The van der Waals surface area contributed by atoms with Crippen molar-refractivity contribution in [2.75, 3.05) is 11.9 Å². The van der Waals surface area contributed by atoms with Crippen molar-refractivity contribution in [3.8, 4) is 0 Å². The molecule has 5 heteroatoms. The molecule has 0 bridgehead atoms. The molecule has 1 atom stereocenters. The molecule has 1 aromatic carbocycles. The van der Waals surface area contributed by atoms with Crippen LogP contribution in [0.3, 0.4) is 0 Å². The van der Waals surface area contributed by atoms with E-state index < -0.39 is 5.97 Å². The van der Waals surface area contributed by atoms with Crippen LogP contribution in [0.2, 0.25) is 0 Å². The van der Waals surface area contributed by atoms with Gasteiger partial charge in [0.25, 0.3) is 0 Å². The Bertz CT molecular complexity index is 499. The number of carbonyl (C=O) groups excluding carboxylic acids is 1. The summed E-state index contributed by atoms with van der Waals surface area (Å²) in [5.41, 5.74) is 1.92. The Labute approximate surface area is 125 Å². The summed E-state index contributed by atoms with van der Waals surface area (Å²) in [5, 5.41) is 11.7. The van der Waals surface area contributed by atoms with Crippen molar-refractivity contribution in [3.63, 3.8) is 0 Å². The van der Waals surface area contributed by atoms with Crippen molar-refractivity contribution in [1.29, 1.82) is 0 Å². The van der Waals surface area contributed by atoms with Gasteiger partial charge in [-0.05, 0) is 37.1 Å². The van der Waals surface area contributed by atoms with E-state index in [0.717, 1.165) is 43.6 Å². The number of aliphatic carboxylic acids is 1. The molecule has 0 aliphatic carbocycles. The van der Waals surface area contributed by atoms with Gasteiger partial charge in [-0.25, -0.2) is 0 Å². The number of carbonyl (C=O) groups is 2. The molecule has 1 fully saturated rings. The van der Waals surface area contributed by atoms with Gasteiger partial charge >= 0.3 is 5.97 Å².